The minimum Gasteiger partial charge on any atom is -0.347 e. The summed E-state index contributed by atoms with van der Waals surface area (Å²) in [5, 5.41) is 0. The molecule has 58 valence electrons. The molecule has 2 fully saturated rings. The average Bonchev–Trinajstić information content (AvgIpc) is 2.27. The molecule has 1 heterocycles. The largest absolute Gasteiger partial charge is 0.347 e. The Bertz CT molecular complexity index is 110. The van der Waals surface area contributed by atoms with Crippen molar-refractivity contribution in [2.24, 2.45) is 0 Å². The maximum atomic E-state index is 5.54. The van der Waals surface area contributed by atoms with Crippen molar-refractivity contribution in [2.45, 2.75) is 51.1 Å². The average molecular weight is 142 g/mol. The lowest BCUT2D eigenvalue weighted by Crippen LogP contribution is -2.25. The fourth-order valence-electron chi connectivity index (χ4n) is 1.90. The fraction of sp³-hybridized carbons (Fsp3) is 1.00. The lowest BCUT2D eigenvalue weighted by Gasteiger charge is -2.21. The van der Waals surface area contributed by atoms with Crippen molar-refractivity contribution in [3.8, 4) is 0 Å². The molecule has 1 aliphatic heterocycles. The molecule has 0 unspecified atom stereocenters. The first-order valence-electron chi connectivity index (χ1n) is 4.17. The van der Waals surface area contributed by atoms with Gasteiger partial charge >= 0.3 is 0 Å². The molecule has 0 radical (unpaired) electrons. The number of fused-ring (bicyclic) bond motifs is 1. The van der Waals surface area contributed by atoms with Crippen molar-refractivity contribution in [3.05, 3.63) is 0 Å². The van der Waals surface area contributed by atoms with Crippen LogP contribution in [-0.4, -0.2) is 18.5 Å². The monoisotopic (exact) mass is 142 g/mol. The lowest BCUT2D eigenvalue weighted by atomic mass is 9.95. The minimum absolute atomic E-state index is 0.0492. The Morgan fingerprint density at radius 3 is 2.00 bits per heavy atom. The Kier molecular flexibility index (Phi) is 1.66. The first-order chi connectivity index (χ1) is 4.86. The zero-order valence-corrected chi connectivity index (χ0v) is 6.38. The van der Waals surface area contributed by atoms with Gasteiger partial charge in [-0.25, -0.2) is 0 Å². The summed E-state index contributed by atoms with van der Waals surface area (Å²) in [7, 11) is 0. The third kappa shape index (κ3) is 1.06. The van der Waals surface area contributed by atoms with Crippen molar-refractivity contribution in [1.29, 1.82) is 0 Å². The highest BCUT2D eigenvalue weighted by Crippen LogP contribution is 2.30. The van der Waals surface area contributed by atoms with Crippen LogP contribution in [0.3, 0.4) is 0 Å². The first kappa shape index (κ1) is 6.62. The number of hydrogen-bond acceptors (Lipinski definition) is 2. The normalized spacial score (nSPS) is 41.7. The number of rotatable bonds is 0. The summed E-state index contributed by atoms with van der Waals surface area (Å²) in [5.41, 5.74) is 0. The topological polar surface area (TPSA) is 18.5 Å². The van der Waals surface area contributed by atoms with Crippen molar-refractivity contribution in [2.75, 3.05) is 0 Å². The zero-order chi connectivity index (χ0) is 6.97. The van der Waals surface area contributed by atoms with Gasteiger partial charge in [-0.3, -0.25) is 0 Å². The predicted octanol–water partition coefficient (Wildman–Crippen LogP) is 1.69. The van der Waals surface area contributed by atoms with Crippen LogP contribution < -0.4 is 0 Å². The maximum absolute atomic E-state index is 5.54. The van der Waals surface area contributed by atoms with E-state index in [2.05, 4.69) is 0 Å². The Balaban J connectivity index is 1.97. The fourth-order valence-corrected chi connectivity index (χ4v) is 1.90. The molecule has 0 spiro atoms. The highest BCUT2D eigenvalue weighted by Gasteiger charge is 2.35. The van der Waals surface area contributed by atoms with Crippen molar-refractivity contribution in [1.82, 2.24) is 0 Å². The quantitative estimate of drug-likeness (QED) is 0.512. The van der Waals surface area contributed by atoms with Crippen LogP contribution in [-0.2, 0) is 9.47 Å². The van der Waals surface area contributed by atoms with Gasteiger partial charge in [-0.15, -0.1) is 0 Å². The molecule has 2 atom stereocenters. The lowest BCUT2D eigenvalue weighted by molar-refractivity contribution is -0.0499. The second kappa shape index (κ2) is 2.51. The molecule has 0 aromatic heterocycles. The maximum Gasteiger partial charge on any atom is 0.155 e. The van der Waals surface area contributed by atoms with Crippen LogP contribution in [0.25, 0.3) is 0 Å². The van der Waals surface area contributed by atoms with Crippen molar-refractivity contribution >= 4 is 0 Å². The molecular weight excluding hydrogens is 128 g/mol. The summed E-state index contributed by atoms with van der Waals surface area (Å²) in [6.07, 6.45) is 5.93. The summed E-state index contributed by atoms with van der Waals surface area (Å²) >= 11 is 0. The molecule has 2 aliphatic rings. The van der Waals surface area contributed by atoms with E-state index in [0.29, 0.717) is 12.2 Å². The minimum atomic E-state index is 0.0492. The van der Waals surface area contributed by atoms with Gasteiger partial charge < -0.3 is 9.47 Å². The highest BCUT2D eigenvalue weighted by atomic mass is 16.7. The number of hydrogen-bond donors (Lipinski definition) is 0. The summed E-state index contributed by atoms with van der Waals surface area (Å²) in [4.78, 5) is 0. The van der Waals surface area contributed by atoms with Gasteiger partial charge in [0.1, 0.15) is 0 Å². The van der Waals surface area contributed by atoms with E-state index in [1.165, 1.54) is 25.7 Å². The van der Waals surface area contributed by atoms with Gasteiger partial charge in [0.2, 0.25) is 0 Å². The molecule has 2 nitrogen and oxygen atoms in total. The van der Waals surface area contributed by atoms with E-state index >= 15 is 0 Å². The van der Waals surface area contributed by atoms with Crippen LogP contribution in [0.2, 0.25) is 0 Å². The molecule has 0 aromatic carbocycles. The van der Waals surface area contributed by atoms with E-state index in [4.69, 9.17) is 9.47 Å². The van der Waals surface area contributed by atoms with Gasteiger partial charge in [0.05, 0.1) is 12.2 Å². The van der Waals surface area contributed by atoms with Gasteiger partial charge in [-0.1, -0.05) is 12.8 Å². The molecule has 0 amide bonds. The molecule has 1 saturated heterocycles. The molecule has 2 rings (SSSR count). The molecule has 0 aromatic rings. The van der Waals surface area contributed by atoms with Crippen molar-refractivity contribution < 1.29 is 9.47 Å². The van der Waals surface area contributed by atoms with Crippen molar-refractivity contribution in [3.63, 3.8) is 0 Å². The summed E-state index contributed by atoms with van der Waals surface area (Å²) in [6, 6.07) is 0. The molecule has 2 heteroatoms. The van der Waals surface area contributed by atoms with Gasteiger partial charge in [0.25, 0.3) is 0 Å². The van der Waals surface area contributed by atoms with Gasteiger partial charge in [-0.05, 0) is 19.8 Å². The van der Waals surface area contributed by atoms with E-state index < -0.39 is 0 Å². The molecule has 0 bridgehead atoms. The summed E-state index contributed by atoms with van der Waals surface area (Å²) in [6.45, 7) is 1.98. The molecule has 1 aliphatic carbocycles. The second-order valence-electron chi connectivity index (χ2n) is 3.20. The van der Waals surface area contributed by atoms with Crippen LogP contribution in [0.5, 0.6) is 0 Å². The van der Waals surface area contributed by atoms with E-state index in [-0.39, 0.29) is 6.29 Å². The smallest absolute Gasteiger partial charge is 0.155 e. The molecule has 0 N–H and O–H groups in total. The van der Waals surface area contributed by atoms with E-state index in [9.17, 15) is 0 Å². The Hall–Kier alpha value is -0.0800. The van der Waals surface area contributed by atoms with Crippen LogP contribution in [0.4, 0.5) is 0 Å². The van der Waals surface area contributed by atoms with Gasteiger partial charge in [-0.2, -0.15) is 0 Å². The Labute approximate surface area is 61.5 Å². The molecular formula is C8H14O2. The van der Waals surface area contributed by atoms with Crippen LogP contribution in [0.15, 0.2) is 0 Å². The first-order valence-corrected chi connectivity index (χ1v) is 4.17. The molecule has 10 heavy (non-hydrogen) atoms. The van der Waals surface area contributed by atoms with E-state index in [1.54, 1.807) is 0 Å². The third-order valence-electron chi connectivity index (χ3n) is 2.37. The predicted molar refractivity (Wildman–Crippen MR) is 37.7 cm³/mol. The summed E-state index contributed by atoms with van der Waals surface area (Å²) < 4.78 is 11.1. The van der Waals surface area contributed by atoms with Gasteiger partial charge in [0.15, 0.2) is 6.29 Å². The third-order valence-corrected chi connectivity index (χ3v) is 2.37. The standard InChI is InChI=1S/C8H14O2/c1-6-9-7-4-2-3-5-8(7)10-6/h6-8H,2-5H2,1H3/t7-,8-/m0/s1. The highest BCUT2D eigenvalue weighted by molar-refractivity contribution is 4.80. The summed E-state index contributed by atoms with van der Waals surface area (Å²) in [5.74, 6) is 0. The number of ether oxygens (including phenoxy) is 2. The van der Waals surface area contributed by atoms with E-state index in [0.717, 1.165) is 0 Å². The van der Waals surface area contributed by atoms with Crippen LogP contribution >= 0.6 is 0 Å². The second-order valence-corrected chi connectivity index (χ2v) is 3.20. The van der Waals surface area contributed by atoms with E-state index in [1.807, 2.05) is 6.92 Å². The molecule has 1 saturated carbocycles. The SMILES string of the molecule is CC1O[C@H]2CCCC[C@@H]2O1. The van der Waals surface area contributed by atoms with Crippen LogP contribution in [0, 0.1) is 0 Å². The van der Waals surface area contributed by atoms with Gasteiger partial charge in [0, 0.05) is 0 Å². The van der Waals surface area contributed by atoms with Crippen LogP contribution in [0.1, 0.15) is 32.6 Å². The Morgan fingerprint density at radius 1 is 1.00 bits per heavy atom. The Morgan fingerprint density at radius 2 is 1.50 bits per heavy atom. The zero-order valence-electron chi connectivity index (χ0n) is 6.38.